The zero-order chi connectivity index (χ0) is 24.9. The van der Waals surface area contributed by atoms with Crippen LogP contribution in [0.1, 0.15) is 22.3 Å². The van der Waals surface area contributed by atoms with Crippen LogP contribution in [0.4, 0.5) is 68.9 Å². The summed E-state index contributed by atoms with van der Waals surface area (Å²) in [6.45, 7) is 0. The number of amides is 2. The minimum atomic E-state index is -5.41. The summed E-state index contributed by atoms with van der Waals surface area (Å²) in [4.78, 5) is 11.4. The number of hydrogen-bond donors (Lipinski definition) is 1. The molecule has 0 aliphatic heterocycles. The van der Waals surface area contributed by atoms with Crippen molar-refractivity contribution in [3.05, 3.63) is 58.7 Å². The number of carbonyl (C=O) groups is 1. The van der Waals surface area contributed by atoms with Crippen LogP contribution in [0.5, 0.6) is 0 Å². The predicted octanol–water partition coefficient (Wildman–Crippen LogP) is 6.98. The third kappa shape index (κ3) is 5.56. The predicted molar refractivity (Wildman–Crippen MR) is 84.6 cm³/mol. The van der Waals surface area contributed by atoms with E-state index in [9.17, 15) is 57.5 Å². The van der Waals surface area contributed by atoms with Gasteiger partial charge in [0, 0.05) is 0 Å². The van der Waals surface area contributed by atoms with Crippen LogP contribution in [0, 0.1) is 0 Å². The van der Waals surface area contributed by atoms with Crippen molar-refractivity contribution in [2.75, 3.05) is 4.90 Å². The van der Waals surface area contributed by atoms with E-state index in [1.165, 1.54) is 0 Å². The molecule has 0 aliphatic carbocycles. The monoisotopic (exact) mass is 484 g/mol. The minimum Gasteiger partial charge on any atom is -0.351 e. The molecule has 0 saturated carbocycles. The van der Waals surface area contributed by atoms with Gasteiger partial charge in [0.05, 0.1) is 33.6 Å². The van der Waals surface area contributed by atoms with Crippen LogP contribution in [0.15, 0.2) is 36.4 Å². The lowest BCUT2D eigenvalue weighted by atomic mass is 10.0. The second-order valence-electron chi connectivity index (χ2n) is 6.20. The molecule has 0 saturated heterocycles. The van der Waals surface area contributed by atoms with E-state index in [4.69, 9.17) is 5.73 Å². The summed E-state index contributed by atoms with van der Waals surface area (Å²) < 4.78 is 157. The summed E-state index contributed by atoms with van der Waals surface area (Å²) in [6, 6.07) is -2.95. The van der Waals surface area contributed by atoms with Crippen LogP contribution >= 0.6 is 0 Å². The number of benzene rings is 2. The summed E-state index contributed by atoms with van der Waals surface area (Å²) in [5, 5.41) is 0. The van der Waals surface area contributed by atoms with E-state index in [1.807, 2.05) is 0 Å². The largest absolute Gasteiger partial charge is 0.416 e. The Morgan fingerprint density at radius 2 is 0.750 bits per heavy atom. The molecule has 2 aromatic rings. The van der Waals surface area contributed by atoms with E-state index < -0.39 is 64.4 Å². The molecule has 176 valence electrons. The highest BCUT2D eigenvalue weighted by Crippen LogP contribution is 2.42. The maximum Gasteiger partial charge on any atom is 0.416 e. The summed E-state index contributed by atoms with van der Waals surface area (Å²) in [6.07, 6.45) is -21.6. The summed E-state index contributed by atoms with van der Waals surface area (Å²) >= 11 is 0. The Balaban J connectivity index is 2.87. The van der Waals surface area contributed by atoms with Gasteiger partial charge < -0.3 is 5.73 Å². The van der Waals surface area contributed by atoms with E-state index in [0.717, 1.165) is 0 Å². The van der Waals surface area contributed by atoms with Crippen molar-refractivity contribution in [3.63, 3.8) is 0 Å². The van der Waals surface area contributed by atoms with Gasteiger partial charge in [0.25, 0.3) is 0 Å². The molecule has 15 heteroatoms. The third-order valence-electron chi connectivity index (χ3n) is 3.88. The van der Waals surface area contributed by atoms with Gasteiger partial charge in [0.15, 0.2) is 0 Å². The molecule has 2 amide bonds. The van der Waals surface area contributed by atoms with Crippen LogP contribution < -0.4 is 10.6 Å². The number of nitrogens with zero attached hydrogens (tertiary/aromatic N) is 1. The fraction of sp³-hybridized carbons (Fsp3) is 0.235. The normalized spacial score (nSPS) is 13.2. The molecule has 3 nitrogen and oxygen atoms in total. The molecule has 2 N–H and O–H groups in total. The number of carbonyl (C=O) groups excluding carboxylic acids is 1. The first-order valence-corrected chi connectivity index (χ1v) is 7.90. The van der Waals surface area contributed by atoms with Crippen LogP contribution in [-0.4, -0.2) is 6.03 Å². The number of anilines is 2. The number of primary amides is 1. The minimum absolute atomic E-state index is 0.0759. The van der Waals surface area contributed by atoms with Crippen molar-refractivity contribution < 1.29 is 57.5 Å². The van der Waals surface area contributed by atoms with E-state index in [-0.39, 0.29) is 41.3 Å². The molecular weight excluding hydrogens is 476 g/mol. The van der Waals surface area contributed by atoms with E-state index in [2.05, 4.69) is 0 Å². The number of rotatable bonds is 2. The van der Waals surface area contributed by atoms with Crippen molar-refractivity contribution in [2.45, 2.75) is 24.7 Å². The maximum absolute atomic E-state index is 13.0. The SMILES string of the molecule is NC(=O)N(c1cc(C(F)(F)F)cc(C(F)(F)F)c1)c1cc(C(F)(F)F)cc(C(F)(F)F)c1. The van der Waals surface area contributed by atoms with E-state index in [0.29, 0.717) is 0 Å². The summed E-state index contributed by atoms with van der Waals surface area (Å²) in [5.74, 6) is 0. The Bertz CT molecular complexity index is 878. The lowest BCUT2D eigenvalue weighted by Gasteiger charge is -2.25. The van der Waals surface area contributed by atoms with Gasteiger partial charge in [0.1, 0.15) is 0 Å². The Morgan fingerprint density at radius 3 is 0.906 bits per heavy atom. The smallest absolute Gasteiger partial charge is 0.351 e. The quantitative estimate of drug-likeness (QED) is 0.460. The van der Waals surface area contributed by atoms with Gasteiger partial charge in [-0.3, -0.25) is 4.90 Å². The maximum atomic E-state index is 13.0. The van der Waals surface area contributed by atoms with Crippen molar-refractivity contribution in [3.8, 4) is 0 Å². The second-order valence-corrected chi connectivity index (χ2v) is 6.20. The molecular formula is C17H8F12N2O. The van der Waals surface area contributed by atoms with Gasteiger partial charge in [-0.25, -0.2) is 4.79 Å². The van der Waals surface area contributed by atoms with Crippen LogP contribution in [0.3, 0.4) is 0 Å². The molecule has 2 rings (SSSR count). The molecule has 0 aliphatic rings. The van der Waals surface area contributed by atoms with E-state index >= 15 is 0 Å². The van der Waals surface area contributed by atoms with Gasteiger partial charge in [-0.2, -0.15) is 52.7 Å². The molecule has 2 aromatic carbocycles. The molecule has 0 spiro atoms. The molecule has 0 aromatic heterocycles. The van der Waals surface area contributed by atoms with Gasteiger partial charge in [-0.15, -0.1) is 0 Å². The molecule has 32 heavy (non-hydrogen) atoms. The van der Waals surface area contributed by atoms with E-state index in [1.54, 1.807) is 0 Å². The third-order valence-corrected chi connectivity index (χ3v) is 3.88. The number of urea groups is 1. The van der Waals surface area contributed by atoms with Crippen LogP contribution in [0.25, 0.3) is 0 Å². The highest BCUT2D eigenvalue weighted by molar-refractivity contribution is 5.98. The Kier molecular flexibility index (Phi) is 6.11. The van der Waals surface area contributed by atoms with Crippen molar-refractivity contribution >= 4 is 17.4 Å². The standard InChI is InChI=1S/C17H8F12N2O/c18-14(19,20)7-1-8(15(21,22)23)4-11(3-7)31(13(30)32)12-5-9(16(24,25)26)2-10(6-12)17(27,28)29/h1-6H,(H2,30,32). The summed E-state index contributed by atoms with van der Waals surface area (Å²) in [7, 11) is 0. The number of alkyl halides is 12. The number of hydrogen-bond acceptors (Lipinski definition) is 1. The zero-order valence-electron chi connectivity index (χ0n) is 14.9. The van der Waals surface area contributed by atoms with Gasteiger partial charge in [0.2, 0.25) is 0 Å². The fourth-order valence-corrected chi connectivity index (χ4v) is 2.54. The highest BCUT2D eigenvalue weighted by atomic mass is 19.4. The molecule has 0 heterocycles. The van der Waals surface area contributed by atoms with Crippen LogP contribution in [-0.2, 0) is 24.7 Å². The molecule has 0 fully saturated rings. The Hall–Kier alpha value is -3.13. The lowest BCUT2D eigenvalue weighted by Crippen LogP contribution is -2.32. The molecule has 0 unspecified atom stereocenters. The first-order chi connectivity index (χ1) is 14.2. The first kappa shape index (κ1) is 25.1. The van der Waals surface area contributed by atoms with Crippen molar-refractivity contribution in [1.29, 1.82) is 0 Å². The highest BCUT2D eigenvalue weighted by Gasteiger charge is 2.40. The average molecular weight is 484 g/mol. The zero-order valence-corrected chi connectivity index (χ0v) is 14.9. The molecule has 0 radical (unpaired) electrons. The van der Waals surface area contributed by atoms with Crippen LogP contribution in [0.2, 0.25) is 0 Å². The van der Waals surface area contributed by atoms with Gasteiger partial charge >= 0.3 is 30.7 Å². The molecule has 0 bridgehead atoms. The summed E-state index contributed by atoms with van der Waals surface area (Å²) in [5.41, 5.74) is -5.71. The van der Waals surface area contributed by atoms with Crippen molar-refractivity contribution in [1.82, 2.24) is 0 Å². The van der Waals surface area contributed by atoms with Crippen molar-refractivity contribution in [2.24, 2.45) is 5.73 Å². The Morgan fingerprint density at radius 1 is 0.531 bits per heavy atom. The van der Waals surface area contributed by atoms with Gasteiger partial charge in [-0.05, 0) is 36.4 Å². The fourth-order valence-electron chi connectivity index (χ4n) is 2.54. The first-order valence-electron chi connectivity index (χ1n) is 7.90. The lowest BCUT2D eigenvalue weighted by molar-refractivity contribution is -0.144. The number of halogens is 12. The average Bonchev–Trinajstić information content (AvgIpc) is 2.58. The topological polar surface area (TPSA) is 46.3 Å². The Labute approximate surface area is 170 Å². The number of nitrogens with two attached hydrogens (primary N) is 1. The van der Waals surface area contributed by atoms with Gasteiger partial charge in [-0.1, -0.05) is 0 Å². The second kappa shape index (κ2) is 7.78. The molecule has 0 atom stereocenters.